The molecule has 5 rings (SSSR count). The second-order valence-electron chi connectivity index (χ2n) is 10.5. The zero-order chi connectivity index (χ0) is 30.1. The number of halogens is 4. The second-order valence-corrected chi connectivity index (χ2v) is 12.9. The predicted octanol–water partition coefficient (Wildman–Crippen LogP) is 5.92. The summed E-state index contributed by atoms with van der Waals surface area (Å²) in [4.78, 5) is 12.6. The van der Waals surface area contributed by atoms with Gasteiger partial charge in [0.2, 0.25) is 16.0 Å². The molecule has 1 aromatic heterocycles. The fraction of sp³-hybridized carbons (Fsp3) is 0.429. The van der Waals surface area contributed by atoms with Gasteiger partial charge < -0.3 is 20.4 Å². The van der Waals surface area contributed by atoms with Gasteiger partial charge >= 0.3 is 6.18 Å². The third-order valence-corrected chi connectivity index (χ3v) is 9.77. The molecule has 14 heteroatoms. The SMILES string of the molecule is CCN1CCN(c2ccc(Nc3ncc(Cl)c(Nc4ccc(C(C)NS(=O)(=O)C5CC5)cc4)n3)c(C(F)(F)F)c2)CC1. The lowest BCUT2D eigenvalue weighted by Crippen LogP contribution is -2.46. The van der Waals surface area contributed by atoms with Gasteiger partial charge in [0.1, 0.15) is 5.02 Å². The number of rotatable bonds is 10. The minimum Gasteiger partial charge on any atom is -0.369 e. The molecule has 1 aliphatic heterocycles. The van der Waals surface area contributed by atoms with Crippen molar-refractivity contribution in [2.24, 2.45) is 0 Å². The zero-order valence-corrected chi connectivity index (χ0v) is 24.8. The molecule has 2 heterocycles. The van der Waals surface area contributed by atoms with E-state index in [1.165, 1.54) is 12.3 Å². The van der Waals surface area contributed by atoms with Crippen LogP contribution in [0.1, 0.15) is 43.9 Å². The normalized spacial score (nSPS) is 17.2. The first-order valence-corrected chi connectivity index (χ1v) is 15.7. The van der Waals surface area contributed by atoms with Crippen LogP contribution in [0.5, 0.6) is 0 Å². The number of piperazine rings is 1. The van der Waals surface area contributed by atoms with Gasteiger partial charge in [-0.2, -0.15) is 18.2 Å². The predicted molar refractivity (Wildman–Crippen MR) is 159 cm³/mol. The Kier molecular flexibility index (Phi) is 8.83. The van der Waals surface area contributed by atoms with Crippen LogP contribution in [0.25, 0.3) is 0 Å². The molecular weight excluding hydrogens is 591 g/mol. The molecule has 0 radical (unpaired) electrons. The zero-order valence-electron chi connectivity index (χ0n) is 23.2. The van der Waals surface area contributed by atoms with Crippen LogP contribution in [0.15, 0.2) is 48.7 Å². The molecule has 2 aromatic carbocycles. The maximum Gasteiger partial charge on any atom is 0.418 e. The molecule has 9 nitrogen and oxygen atoms in total. The van der Waals surface area contributed by atoms with E-state index < -0.39 is 27.8 Å². The Labute approximate surface area is 248 Å². The summed E-state index contributed by atoms with van der Waals surface area (Å²) in [6.45, 7) is 7.67. The highest BCUT2D eigenvalue weighted by atomic mass is 35.5. The van der Waals surface area contributed by atoms with E-state index in [9.17, 15) is 21.6 Å². The average molecular weight is 624 g/mol. The van der Waals surface area contributed by atoms with Crippen molar-refractivity contribution in [2.75, 3.05) is 48.3 Å². The molecule has 1 saturated carbocycles. The quantitative estimate of drug-likeness (QED) is 0.256. The number of nitrogens with zero attached hydrogens (tertiary/aromatic N) is 4. The van der Waals surface area contributed by atoms with Crippen LogP contribution >= 0.6 is 11.6 Å². The van der Waals surface area contributed by atoms with Crippen LogP contribution < -0.4 is 20.3 Å². The molecule has 0 spiro atoms. The Bertz CT molecular complexity index is 1510. The van der Waals surface area contributed by atoms with E-state index in [-0.39, 0.29) is 27.7 Å². The largest absolute Gasteiger partial charge is 0.418 e. The summed E-state index contributed by atoms with van der Waals surface area (Å²) in [6, 6.07) is 10.8. The summed E-state index contributed by atoms with van der Waals surface area (Å²) in [5.41, 5.74) is 0.912. The molecule has 2 fully saturated rings. The minimum atomic E-state index is -4.59. The lowest BCUT2D eigenvalue weighted by atomic mass is 10.1. The van der Waals surface area contributed by atoms with Gasteiger partial charge in [0, 0.05) is 43.6 Å². The monoisotopic (exact) mass is 623 g/mol. The number of hydrogen-bond donors (Lipinski definition) is 3. The Morgan fingerprint density at radius 1 is 1.05 bits per heavy atom. The first kappa shape index (κ1) is 30.3. The van der Waals surface area contributed by atoms with Crippen LogP contribution in [0, 0.1) is 0 Å². The van der Waals surface area contributed by atoms with E-state index in [1.54, 1.807) is 37.3 Å². The first-order valence-electron chi connectivity index (χ1n) is 13.8. The molecule has 1 saturated heterocycles. The van der Waals surface area contributed by atoms with Crippen molar-refractivity contribution in [1.29, 1.82) is 0 Å². The van der Waals surface area contributed by atoms with Crippen LogP contribution in [0.2, 0.25) is 5.02 Å². The van der Waals surface area contributed by atoms with Crippen molar-refractivity contribution in [1.82, 2.24) is 19.6 Å². The fourth-order valence-electron chi connectivity index (χ4n) is 4.81. The third kappa shape index (κ3) is 7.25. The van der Waals surface area contributed by atoms with Crippen molar-refractivity contribution < 1.29 is 21.6 Å². The third-order valence-electron chi connectivity index (χ3n) is 7.46. The van der Waals surface area contributed by atoms with E-state index in [0.717, 1.165) is 31.3 Å². The molecule has 0 bridgehead atoms. The van der Waals surface area contributed by atoms with Crippen LogP contribution in [0.4, 0.5) is 42.0 Å². The van der Waals surface area contributed by atoms with Crippen molar-refractivity contribution in [2.45, 2.75) is 44.2 Å². The van der Waals surface area contributed by atoms with E-state index in [4.69, 9.17) is 11.6 Å². The van der Waals surface area contributed by atoms with Gasteiger partial charge in [-0.25, -0.2) is 18.1 Å². The summed E-state index contributed by atoms with van der Waals surface area (Å²) < 4.78 is 69.5. The lowest BCUT2D eigenvalue weighted by Gasteiger charge is -2.36. The molecule has 3 N–H and O–H groups in total. The molecule has 2 aliphatic rings. The summed E-state index contributed by atoms with van der Waals surface area (Å²) >= 11 is 6.29. The van der Waals surface area contributed by atoms with Gasteiger partial charge in [-0.1, -0.05) is 30.7 Å². The van der Waals surface area contributed by atoms with Gasteiger partial charge in [-0.15, -0.1) is 0 Å². The van der Waals surface area contributed by atoms with E-state index in [2.05, 4.69) is 37.1 Å². The molecule has 42 heavy (non-hydrogen) atoms. The Hall–Kier alpha value is -3.13. The van der Waals surface area contributed by atoms with Gasteiger partial charge in [-0.05, 0) is 62.2 Å². The minimum absolute atomic E-state index is 0.0589. The summed E-state index contributed by atoms with van der Waals surface area (Å²) in [7, 11) is -3.33. The van der Waals surface area contributed by atoms with Gasteiger partial charge in [0.05, 0.1) is 22.7 Å². The Morgan fingerprint density at radius 3 is 2.36 bits per heavy atom. The van der Waals surface area contributed by atoms with Crippen LogP contribution in [0.3, 0.4) is 0 Å². The molecule has 1 unspecified atom stereocenters. The molecule has 3 aromatic rings. The maximum absolute atomic E-state index is 14.1. The number of hydrogen-bond acceptors (Lipinski definition) is 8. The van der Waals surface area contributed by atoms with Gasteiger partial charge in [0.25, 0.3) is 0 Å². The molecule has 0 amide bonds. The summed E-state index contributed by atoms with van der Waals surface area (Å²) in [6.07, 6.45) is -1.93. The number of anilines is 5. The molecule has 1 atom stereocenters. The van der Waals surface area contributed by atoms with E-state index >= 15 is 0 Å². The van der Waals surface area contributed by atoms with E-state index in [1.807, 2.05) is 4.90 Å². The number of likely N-dealkylation sites (N-methyl/N-ethyl adjacent to an activating group) is 1. The maximum atomic E-state index is 14.1. The van der Waals surface area contributed by atoms with Crippen molar-refractivity contribution >= 4 is 50.5 Å². The number of alkyl halides is 3. The molecule has 1 aliphatic carbocycles. The lowest BCUT2D eigenvalue weighted by molar-refractivity contribution is -0.136. The number of benzene rings is 2. The standard InChI is InChI=1S/C28H33ClF3N7O2S/c1-3-38-12-14-39(15-13-38)21-8-11-25(23(16-21)28(30,31)32)35-27-33-17-24(29)26(36-27)34-20-6-4-19(5-7-20)18(2)37-42(40,41)22-9-10-22/h4-8,11,16-18,22,37H,3,9-10,12-15H2,1-2H3,(H2,33,34,35,36). The molecule has 226 valence electrons. The van der Waals surface area contributed by atoms with Crippen molar-refractivity contribution in [3.05, 3.63) is 64.8 Å². The highest BCUT2D eigenvalue weighted by molar-refractivity contribution is 7.90. The summed E-state index contributed by atoms with van der Waals surface area (Å²) in [5, 5.41) is 5.62. The Morgan fingerprint density at radius 2 is 1.74 bits per heavy atom. The number of aromatic nitrogens is 2. The van der Waals surface area contributed by atoms with E-state index in [0.29, 0.717) is 37.3 Å². The highest BCUT2D eigenvalue weighted by Gasteiger charge is 2.37. The summed E-state index contributed by atoms with van der Waals surface area (Å²) in [5.74, 6) is 0.139. The topological polar surface area (TPSA) is 102 Å². The number of nitrogens with one attached hydrogen (secondary N) is 3. The second kappa shape index (κ2) is 12.2. The average Bonchev–Trinajstić information content (AvgIpc) is 3.81. The van der Waals surface area contributed by atoms with Crippen molar-refractivity contribution in [3.8, 4) is 0 Å². The Balaban J connectivity index is 1.30. The first-order chi connectivity index (χ1) is 19.9. The van der Waals surface area contributed by atoms with Gasteiger partial charge in [-0.3, -0.25) is 0 Å². The van der Waals surface area contributed by atoms with Crippen LogP contribution in [-0.2, 0) is 16.2 Å². The highest BCUT2D eigenvalue weighted by Crippen LogP contribution is 2.39. The van der Waals surface area contributed by atoms with Crippen LogP contribution in [-0.4, -0.2) is 61.3 Å². The van der Waals surface area contributed by atoms with Gasteiger partial charge in [0.15, 0.2) is 5.82 Å². The van der Waals surface area contributed by atoms with Crippen molar-refractivity contribution in [3.63, 3.8) is 0 Å². The fourth-order valence-corrected chi connectivity index (χ4v) is 6.53. The number of sulfonamides is 1. The smallest absolute Gasteiger partial charge is 0.369 e. The molecular formula is C28H33ClF3N7O2S.